The van der Waals surface area contributed by atoms with E-state index in [-0.39, 0.29) is 23.8 Å². The molecule has 170 valence electrons. The molecule has 1 N–H and O–H groups in total. The largest absolute Gasteiger partial charge is 0.484 e. The van der Waals surface area contributed by atoms with Crippen molar-refractivity contribution in [1.29, 1.82) is 0 Å². The number of anilines is 1. The number of hydrogen-bond donors (Lipinski definition) is 1. The van der Waals surface area contributed by atoms with Crippen molar-refractivity contribution in [3.05, 3.63) is 82.8 Å². The first-order valence-corrected chi connectivity index (χ1v) is 11.4. The molecule has 0 atom stereocenters. The van der Waals surface area contributed by atoms with Crippen LogP contribution in [0.5, 0.6) is 5.75 Å². The van der Waals surface area contributed by atoms with Gasteiger partial charge < -0.3 is 10.1 Å². The molecule has 0 saturated heterocycles. The smallest absolute Gasteiger partial charge is 0.274 e. The highest BCUT2D eigenvalue weighted by Crippen LogP contribution is 2.29. The molecule has 0 aliphatic carbocycles. The van der Waals surface area contributed by atoms with Crippen molar-refractivity contribution in [2.75, 3.05) is 11.9 Å². The van der Waals surface area contributed by atoms with Crippen molar-refractivity contribution in [2.45, 2.75) is 30.5 Å². The van der Waals surface area contributed by atoms with E-state index in [2.05, 4.69) is 15.3 Å². The predicted octanol–water partition coefficient (Wildman–Crippen LogP) is 3.75. The summed E-state index contributed by atoms with van der Waals surface area (Å²) in [5, 5.41) is 2.81. The Morgan fingerprint density at radius 3 is 2.85 bits per heavy atom. The van der Waals surface area contributed by atoms with Crippen LogP contribution in [0, 0.1) is 5.82 Å². The van der Waals surface area contributed by atoms with Crippen LogP contribution in [0.3, 0.4) is 0 Å². The summed E-state index contributed by atoms with van der Waals surface area (Å²) in [6.07, 6.45) is 2.49. The number of aromatic nitrogens is 4. The van der Waals surface area contributed by atoms with Gasteiger partial charge in [-0.15, -0.1) is 11.8 Å². The molecule has 2 heterocycles. The lowest BCUT2D eigenvalue weighted by Crippen LogP contribution is -2.21. The molecule has 0 aliphatic heterocycles. The number of nitrogens with zero attached hydrogens (tertiary/aromatic N) is 4. The zero-order valence-corrected chi connectivity index (χ0v) is 18.7. The van der Waals surface area contributed by atoms with Gasteiger partial charge in [0.25, 0.3) is 17.2 Å². The number of halogens is 1. The number of rotatable bonds is 9. The van der Waals surface area contributed by atoms with Crippen LogP contribution in [0.2, 0.25) is 0 Å². The van der Waals surface area contributed by atoms with Crippen LogP contribution < -0.4 is 15.6 Å². The first-order chi connectivity index (χ1) is 16.0. The Hall–Kier alpha value is -3.66. The molecule has 0 spiro atoms. The van der Waals surface area contributed by atoms with E-state index in [4.69, 9.17) is 4.74 Å². The summed E-state index contributed by atoms with van der Waals surface area (Å²) in [5.41, 5.74) is 1.03. The summed E-state index contributed by atoms with van der Waals surface area (Å²) in [6, 6.07) is 14.4. The van der Waals surface area contributed by atoms with Crippen LogP contribution in [0.15, 0.2) is 70.6 Å². The Bertz CT molecular complexity index is 1340. The summed E-state index contributed by atoms with van der Waals surface area (Å²) >= 11 is 1.44. The van der Waals surface area contributed by atoms with E-state index in [0.29, 0.717) is 29.5 Å². The first kappa shape index (κ1) is 22.5. The van der Waals surface area contributed by atoms with Crippen LogP contribution >= 0.6 is 11.8 Å². The molecule has 1 amide bonds. The number of carbonyl (C=O) groups is 1. The van der Waals surface area contributed by atoms with Crippen molar-refractivity contribution >= 4 is 29.1 Å². The molecular formula is C23H22FN5O3S. The molecule has 0 bridgehead atoms. The van der Waals surface area contributed by atoms with E-state index < -0.39 is 5.82 Å². The third-order valence-electron chi connectivity index (χ3n) is 4.65. The van der Waals surface area contributed by atoms with Gasteiger partial charge >= 0.3 is 0 Å². The topological polar surface area (TPSA) is 90.5 Å². The maximum atomic E-state index is 13.2. The fraction of sp³-hybridized carbons (Fsp3) is 0.217. The standard InChI is InChI=1S/C23H22FN5O3S/c1-2-10-28-15-25-23-26-17(12-22(31)29(23)28)14-33-20-9-4-3-8-19(20)27-21(30)13-32-18-7-5-6-16(24)11-18/h3-9,11-12,15H,2,10,13-14H2,1H3,(H,27,30). The molecule has 0 saturated carbocycles. The third-order valence-corrected chi connectivity index (χ3v) is 5.76. The highest BCUT2D eigenvalue weighted by atomic mass is 32.2. The summed E-state index contributed by atoms with van der Waals surface area (Å²) in [6.45, 7) is 2.46. The Kier molecular flexibility index (Phi) is 7.04. The Morgan fingerprint density at radius 2 is 2.03 bits per heavy atom. The van der Waals surface area contributed by atoms with Gasteiger partial charge in [0.15, 0.2) is 6.61 Å². The minimum absolute atomic E-state index is 0.183. The summed E-state index contributed by atoms with van der Waals surface area (Å²) < 4.78 is 21.8. The van der Waals surface area contributed by atoms with Gasteiger partial charge in [0, 0.05) is 29.3 Å². The average Bonchev–Trinajstić information content (AvgIpc) is 3.21. The monoisotopic (exact) mass is 467 g/mol. The summed E-state index contributed by atoms with van der Waals surface area (Å²) in [5.74, 6) is 0.272. The molecule has 0 fully saturated rings. The van der Waals surface area contributed by atoms with Gasteiger partial charge in [-0.2, -0.15) is 9.50 Å². The van der Waals surface area contributed by atoms with Gasteiger partial charge in [0.1, 0.15) is 17.9 Å². The lowest BCUT2D eigenvalue weighted by molar-refractivity contribution is -0.118. The Labute approximate surface area is 193 Å². The van der Waals surface area contributed by atoms with Gasteiger partial charge in [-0.3, -0.25) is 14.3 Å². The molecule has 0 aliphatic rings. The van der Waals surface area contributed by atoms with Crippen LogP contribution in [0.25, 0.3) is 5.78 Å². The molecule has 2 aromatic heterocycles. The van der Waals surface area contributed by atoms with Crippen molar-refractivity contribution in [3.63, 3.8) is 0 Å². The van der Waals surface area contributed by atoms with Gasteiger partial charge in [0.05, 0.1) is 11.4 Å². The fourth-order valence-corrected chi connectivity index (χ4v) is 4.11. The SMILES string of the molecule is CCCn1cnc2nc(CSc3ccccc3NC(=O)COc3cccc(F)c3)cc(=O)n21. The first-order valence-electron chi connectivity index (χ1n) is 10.4. The second-order valence-corrected chi connectivity index (χ2v) is 8.20. The summed E-state index contributed by atoms with van der Waals surface area (Å²) in [4.78, 5) is 34.4. The number of para-hydroxylation sites is 1. The maximum Gasteiger partial charge on any atom is 0.274 e. The molecule has 10 heteroatoms. The lowest BCUT2D eigenvalue weighted by Gasteiger charge is -2.11. The number of benzene rings is 2. The molecule has 8 nitrogen and oxygen atoms in total. The van der Waals surface area contributed by atoms with Crippen LogP contribution in [-0.2, 0) is 17.1 Å². The Morgan fingerprint density at radius 1 is 1.18 bits per heavy atom. The second kappa shape index (κ2) is 10.3. The average molecular weight is 468 g/mol. The number of amides is 1. The number of carbonyl (C=O) groups excluding carboxylic acids is 1. The van der Waals surface area contributed by atoms with Gasteiger partial charge in [0.2, 0.25) is 0 Å². The van der Waals surface area contributed by atoms with E-state index in [1.165, 1.54) is 40.5 Å². The highest BCUT2D eigenvalue weighted by molar-refractivity contribution is 7.98. The van der Waals surface area contributed by atoms with Crippen molar-refractivity contribution in [2.24, 2.45) is 0 Å². The molecule has 33 heavy (non-hydrogen) atoms. The number of hydrogen-bond acceptors (Lipinski definition) is 6. The van der Waals surface area contributed by atoms with E-state index in [1.54, 1.807) is 23.1 Å². The van der Waals surface area contributed by atoms with E-state index in [9.17, 15) is 14.0 Å². The quantitative estimate of drug-likeness (QED) is 0.377. The zero-order valence-electron chi connectivity index (χ0n) is 17.9. The molecular weight excluding hydrogens is 445 g/mol. The van der Waals surface area contributed by atoms with Crippen LogP contribution in [0.1, 0.15) is 19.0 Å². The van der Waals surface area contributed by atoms with Crippen molar-refractivity contribution in [3.8, 4) is 5.75 Å². The van der Waals surface area contributed by atoms with E-state index >= 15 is 0 Å². The Balaban J connectivity index is 1.41. The van der Waals surface area contributed by atoms with E-state index in [1.807, 2.05) is 25.1 Å². The van der Waals surface area contributed by atoms with Crippen molar-refractivity contribution in [1.82, 2.24) is 19.2 Å². The normalized spacial score (nSPS) is 11.0. The zero-order chi connectivity index (χ0) is 23.2. The van der Waals surface area contributed by atoms with Gasteiger partial charge in [-0.05, 0) is 30.7 Å². The van der Waals surface area contributed by atoms with Crippen molar-refractivity contribution < 1.29 is 13.9 Å². The molecule has 4 aromatic rings. The minimum atomic E-state index is -0.432. The minimum Gasteiger partial charge on any atom is -0.484 e. The van der Waals surface area contributed by atoms with Crippen LogP contribution in [-0.4, -0.2) is 31.7 Å². The third kappa shape index (κ3) is 5.58. The van der Waals surface area contributed by atoms with E-state index in [0.717, 1.165) is 11.3 Å². The number of thioether (sulfide) groups is 1. The lowest BCUT2D eigenvalue weighted by atomic mass is 10.3. The molecule has 0 radical (unpaired) electrons. The predicted molar refractivity (Wildman–Crippen MR) is 124 cm³/mol. The molecule has 4 rings (SSSR count). The second-order valence-electron chi connectivity index (χ2n) is 7.18. The fourth-order valence-electron chi connectivity index (χ4n) is 3.21. The number of ether oxygens (including phenoxy) is 1. The summed E-state index contributed by atoms with van der Waals surface area (Å²) in [7, 11) is 0. The number of aryl methyl sites for hydroxylation is 1. The molecule has 0 unspecified atom stereocenters. The van der Waals surface area contributed by atoms with Gasteiger partial charge in [-0.1, -0.05) is 25.1 Å². The van der Waals surface area contributed by atoms with Crippen LogP contribution in [0.4, 0.5) is 10.1 Å². The number of nitrogens with one attached hydrogen (secondary N) is 1. The number of fused-ring (bicyclic) bond motifs is 1. The molecule has 2 aromatic carbocycles. The maximum absolute atomic E-state index is 13.2. The highest BCUT2D eigenvalue weighted by Gasteiger charge is 2.11. The van der Waals surface area contributed by atoms with Gasteiger partial charge in [-0.25, -0.2) is 9.37 Å².